The molecule has 0 aliphatic heterocycles. The van der Waals surface area contributed by atoms with Gasteiger partial charge in [-0.25, -0.2) is 0 Å². The van der Waals surface area contributed by atoms with E-state index in [4.69, 9.17) is 4.74 Å². The molecular weight excluding hydrogens is 202 g/mol. The SMILES string of the molecule is CCCOCCC(Cc1ccn(C)n1)NC. The van der Waals surface area contributed by atoms with Gasteiger partial charge in [-0.2, -0.15) is 5.10 Å². The summed E-state index contributed by atoms with van der Waals surface area (Å²) in [4.78, 5) is 0. The van der Waals surface area contributed by atoms with Crippen LogP contribution in [0.25, 0.3) is 0 Å². The van der Waals surface area contributed by atoms with Crippen molar-refractivity contribution >= 4 is 0 Å². The van der Waals surface area contributed by atoms with Crippen molar-refractivity contribution < 1.29 is 4.74 Å². The molecule has 1 rings (SSSR count). The van der Waals surface area contributed by atoms with E-state index in [1.54, 1.807) is 0 Å². The molecule has 0 amide bonds. The molecule has 0 radical (unpaired) electrons. The first-order valence-corrected chi connectivity index (χ1v) is 5.99. The number of hydrogen-bond acceptors (Lipinski definition) is 3. The third-order valence-corrected chi connectivity index (χ3v) is 2.59. The lowest BCUT2D eigenvalue weighted by Gasteiger charge is -2.14. The van der Waals surface area contributed by atoms with Gasteiger partial charge < -0.3 is 10.1 Å². The third-order valence-electron chi connectivity index (χ3n) is 2.59. The van der Waals surface area contributed by atoms with E-state index in [9.17, 15) is 0 Å². The van der Waals surface area contributed by atoms with E-state index < -0.39 is 0 Å². The quantitative estimate of drug-likeness (QED) is 0.679. The molecule has 92 valence electrons. The van der Waals surface area contributed by atoms with Gasteiger partial charge >= 0.3 is 0 Å². The predicted molar refractivity (Wildman–Crippen MR) is 65.5 cm³/mol. The van der Waals surface area contributed by atoms with E-state index in [1.165, 1.54) is 0 Å². The average molecular weight is 225 g/mol. The van der Waals surface area contributed by atoms with Gasteiger partial charge in [0.25, 0.3) is 0 Å². The largest absolute Gasteiger partial charge is 0.381 e. The average Bonchev–Trinajstić information content (AvgIpc) is 2.68. The maximum Gasteiger partial charge on any atom is 0.0640 e. The van der Waals surface area contributed by atoms with Crippen LogP contribution < -0.4 is 5.32 Å². The molecule has 0 saturated carbocycles. The zero-order valence-electron chi connectivity index (χ0n) is 10.6. The molecule has 0 saturated heterocycles. The molecule has 0 spiro atoms. The highest BCUT2D eigenvalue weighted by Gasteiger charge is 2.08. The van der Waals surface area contributed by atoms with Gasteiger partial charge in [-0.1, -0.05) is 6.92 Å². The highest BCUT2D eigenvalue weighted by Crippen LogP contribution is 2.03. The topological polar surface area (TPSA) is 39.1 Å². The highest BCUT2D eigenvalue weighted by atomic mass is 16.5. The van der Waals surface area contributed by atoms with Gasteiger partial charge in [-0.05, 0) is 26.0 Å². The maximum absolute atomic E-state index is 5.49. The number of nitrogens with zero attached hydrogens (tertiary/aromatic N) is 2. The van der Waals surface area contributed by atoms with Gasteiger partial charge in [0.15, 0.2) is 0 Å². The van der Waals surface area contributed by atoms with E-state index in [0.29, 0.717) is 6.04 Å². The maximum atomic E-state index is 5.49. The Bertz CT molecular complexity index is 286. The fraction of sp³-hybridized carbons (Fsp3) is 0.750. The minimum atomic E-state index is 0.451. The van der Waals surface area contributed by atoms with Crippen LogP contribution in [-0.4, -0.2) is 36.1 Å². The minimum Gasteiger partial charge on any atom is -0.381 e. The highest BCUT2D eigenvalue weighted by molar-refractivity contribution is 5.01. The number of rotatable bonds is 8. The second-order valence-electron chi connectivity index (χ2n) is 4.07. The molecule has 1 unspecified atom stereocenters. The molecule has 0 aliphatic carbocycles. The lowest BCUT2D eigenvalue weighted by atomic mass is 10.1. The first-order valence-electron chi connectivity index (χ1n) is 5.99. The van der Waals surface area contributed by atoms with Crippen molar-refractivity contribution in [3.63, 3.8) is 0 Å². The van der Waals surface area contributed by atoms with Gasteiger partial charge in [0.1, 0.15) is 0 Å². The van der Waals surface area contributed by atoms with E-state index >= 15 is 0 Å². The van der Waals surface area contributed by atoms with Crippen molar-refractivity contribution in [1.29, 1.82) is 0 Å². The Morgan fingerprint density at radius 3 is 2.88 bits per heavy atom. The zero-order valence-corrected chi connectivity index (χ0v) is 10.6. The molecule has 16 heavy (non-hydrogen) atoms. The monoisotopic (exact) mass is 225 g/mol. The number of aryl methyl sites for hydroxylation is 1. The van der Waals surface area contributed by atoms with Gasteiger partial charge in [0.2, 0.25) is 0 Å². The smallest absolute Gasteiger partial charge is 0.0640 e. The molecule has 0 fully saturated rings. The summed E-state index contributed by atoms with van der Waals surface area (Å²) in [5.74, 6) is 0. The molecule has 1 atom stereocenters. The van der Waals surface area contributed by atoms with E-state index in [1.807, 2.05) is 25.0 Å². The van der Waals surface area contributed by atoms with E-state index in [-0.39, 0.29) is 0 Å². The summed E-state index contributed by atoms with van der Waals surface area (Å²) in [6.07, 6.45) is 5.07. The normalized spacial score (nSPS) is 12.9. The van der Waals surface area contributed by atoms with Crippen molar-refractivity contribution in [2.45, 2.75) is 32.2 Å². The van der Waals surface area contributed by atoms with Gasteiger partial charge in [-0.3, -0.25) is 4.68 Å². The molecule has 4 heteroatoms. The lowest BCUT2D eigenvalue weighted by molar-refractivity contribution is 0.125. The summed E-state index contributed by atoms with van der Waals surface area (Å²) in [5.41, 5.74) is 1.14. The fourth-order valence-corrected chi connectivity index (χ4v) is 1.64. The Morgan fingerprint density at radius 1 is 1.50 bits per heavy atom. The first-order chi connectivity index (χ1) is 7.76. The number of hydrogen-bond donors (Lipinski definition) is 1. The van der Waals surface area contributed by atoms with Crippen LogP contribution in [-0.2, 0) is 18.2 Å². The van der Waals surface area contributed by atoms with Crippen LogP contribution in [0.2, 0.25) is 0 Å². The molecule has 0 bridgehead atoms. The number of nitrogens with one attached hydrogen (secondary N) is 1. The van der Waals surface area contributed by atoms with Crippen molar-refractivity contribution in [2.75, 3.05) is 20.3 Å². The summed E-state index contributed by atoms with van der Waals surface area (Å²) < 4.78 is 7.34. The standard InChI is InChI=1S/C12H23N3O/c1-4-8-16-9-6-11(13-2)10-12-5-7-15(3)14-12/h5,7,11,13H,4,6,8-10H2,1-3H3. The Labute approximate surface area is 98.0 Å². The molecule has 1 heterocycles. The van der Waals surface area contributed by atoms with Crippen molar-refractivity contribution in [3.8, 4) is 0 Å². The molecule has 0 aromatic carbocycles. The van der Waals surface area contributed by atoms with Gasteiger partial charge in [0, 0.05) is 38.9 Å². The second-order valence-corrected chi connectivity index (χ2v) is 4.07. The summed E-state index contributed by atoms with van der Waals surface area (Å²) in [7, 11) is 3.94. The summed E-state index contributed by atoms with van der Waals surface area (Å²) >= 11 is 0. The zero-order chi connectivity index (χ0) is 11.8. The van der Waals surface area contributed by atoms with Crippen LogP contribution in [0.15, 0.2) is 12.3 Å². The minimum absolute atomic E-state index is 0.451. The van der Waals surface area contributed by atoms with E-state index in [0.717, 1.165) is 38.2 Å². The van der Waals surface area contributed by atoms with Crippen molar-refractivity contribution in [1.82, 2.24) is 15.1 Å². The summed E-state index contributed by atoms with van der Waals surface area (Å²) in [6.45, 7) is 3.82. The Balaban J connectivity index is 2.26. The molecule has 4 nitrogen and oxygen atoms in total. The molecule has 1 aromatic heterocycles. The van der Waals surface area contributed by atoms with E-state index in [2.05, 4.69) is 23.4 Å². The van der Waals surface area contributed by atoms with Crippen LogP contribution in [0.3, 0.4) is 0 Å². The number of aromatic nitrogens is 2. The fourth-order valence-electron chi connectivity index (χ4n) is 1.64. The van der Waals surface area contributed by atoms with Crippen LogP contribution in [0.1, 0.15) is 25.5 Å². The third kappa shape index (κ3) is 4.77. The van der Waals surface area contributed by atoms with Crippen LogP contribution in [0.5, 0.6) is 0 Å². The Hall–Kier alpha value is -0.870. The van der Waals surface area contributed by atoms with Gasteiger partial charge in [0.05, 0.1) is 5.69 Å². The first kappa shape index (κ1) is 13.2. The summed E-state index contributed by atoms with van der Waals surface area (Å²) in [6, 6.07) is 2.52. The van der Waals surface area contributed by atoms with Crippen LogP contribution in [0.4, 0.5) is 0 Å². The second kappa shape index (κ2) is 7.41. The summed E-state index contributed by atoms with van der Waals surface area (Å²) in [5, 5.41) is 7.69. The van der Waals surface area contributed by atoms with Crippen LogP contribution >= 0.6 is 0 Å². The number of ether oxygens (including phenoxy) is 1. The molecule has 1 N–H and O–H groups in total. The molecule has 1 aromatic rings. The lowest BCUT2D eigenvalue weighted by Crippen LogP contribution is -2.29. The Morgan fingerprint density at radius 2 is 2.31 bits per heavy atom. The van der Waals surface area contributed by atoms with Crippen molar-refractivity contribution in [3.05, 3.63) is 18.0 Å². The van der Waals surface area contributed by atoms with Crippen LogP contribution in [0, 0.1) is 0 Å². The predicted octanol–water partition coefficient (Wildman–Crippen LogP) is 1.37. The Kier molecular flexibility index (Phi) is 6.11. The van der Waals surface area contributed by atoms with Gasteiger partial charge in [-0.15, -0.1) is 0 Å². The molecule has 0 aliphatic rings. The number of likely N-dealkylation sites (N-methyl/N-ethyl adjacent to an activating group) is 1. The molecular formula is C12H23N3O. The van der Waals surface area contributed by atoms with Crippen molar-refractivity contribution in [2.24, 2.45) is 7.05 Å².